The Labute approximate surface area is 103 Å². The van der Waals surface area contributed by atoms with Crippen LogP contribution >= 0.6 is 47.8 Å². The van der Waals surface area contributed by atoms with Gasteiger partial charge in [-0.15, -0.1) is 0 Å². The molecular formula is C6H15IN2O2S2. The molecule has 7 heteroatoms. The highest BCUT2D eigenvalue weighted by Crippen LogP contribution is 1.90. The number of hydrogen-bond donors (Lipinski definition) is 4. The number of alkyl halides is 1. The molecule has 0 aromatic carbocycles. The van der Waals surface area contributed by atoms with Crippen molar-refractivity contribution in [2.75, 3.05) is 4.43 Å². The quantitative estimate of drug-likeness (QED) is 0.353. The SMILES string of the molecule is CCCCI.NC(=O)S.NC(=O)S. The third kappa shape index (κ3) is 237. The monoisotopic (exact) mass is 338 g/mol. The van der Waals surface area contributed by atoms with Crippen molar-refractivity contribution in [3.05, 3.63) is 0 Å². The van der Waals surface area contributed by atoms with Gasteiger partial charge in [0.25, 0.3) is 10.5 Å². The average molecular weight is 338 g/mol. The summed E-state index contributed by atoms with van der Waals surface area (Å²) in [6.07, 6.45) is 2.71. The number of carbonyl (C=O) groups excluding carboxylic acids is 2. The van der Waals surface area contributed by atoms with Crippen molar-refractivity contribution in [3.8, 4) is 0 Å². The fourth-order valence-corrected chi connectivity index (χ4v) is 0.896. The molecule has 0 rings (SSSR count). The first-order chi connectivity index (χ1) is 5.88. The minimum absolute atomic E-state index is 0.639. The van der Waals surface area contributed by atoms with E-state index < -0.39 is 10.5 Å². The van der Waals surface area contributed by atoms with E-state index in [4.69, 9.17) is 9.59 Å². The molecule has 0 spiro atoms. The molecule has 4 N–H and O–H groups in total. The van der Waals surface area contributed by atoms with Crippen LogP contribution in [0.3, 0.4) is 0 Å². The van der Waals surface area contributed by atoms with Gasteiger partial charge < -0.3 is 11.5 Å². The molecule has 0 aromatic rings. The molecule has 0 aliphatic carbocycles. The lowest BCUT2D eigenvalue weighted by atomic mass is 10.4. The largest absolute Gasteiger partial charge is 0.361 e. The number of carbonyl (C=O) groups is 2. The van der Waals surface area contributed by atoms with Crippen LogP contribution in [0.25, 0.3) is 0 Å². The zero-order valence-corrected chi connectivity index (χ0v) is 11.3. The van der Waals surface area contributed by atoms with Crippen molar-refractivity contribution in [1.29, 1.82) is 0 Å². The van der Waals surface area contributed by atoms with Crippen molar-refractivity contribution in [3.63, 3.8) is 0 Å². The zero-order valence-electron chi connectivity index (χ0n) is 7.36. The summed E-state index contributed by atoms with van der Waals surface area (Å²) in [5, 5.41) is -1.28. The minimum Gasteiger partial charge on any atom is -0.361 e. The fraction of sp³-hybridized carbons (Fsp3) is 0.667. The Balaban J connectivity index is -0.000000117. The van der Waals surface area contributed by atoms with Gasteiger partial charge in [-0.3, -0.25) is 9.59 Å². The lowest BCUT2D eigenvalue weighted by molar-refractivity contribution is 0.266. The van der Waals surface area contributed by atoms with Crippen molar-refractivity contribution >= 4 is 58.3 Å². The summed E-state index contributed by atoms with van der Waals surface area (Å²) in [5.74, 6) is 0. The van der Waals surface area contributed by atoms with E-state index >= 15 is 0 Å². The van der Waals surface area contributed by atoms with Gasteiger partial charge in [0, 0.05) is 0 Å². The molecule has 0 aliphatic rings. The average Bonchev–Trinajstić information content (AvgIpc) is 1.86. The van der Waals surface area contributed by atoms with Gasteiger partial charge >= 0.3 is 0 Å². The third-order valence-corrected chi connectivity index (χ3v) is 1.25. The summed E-state index contributed by atoms with van der Waals surface area (Å²) in [6, 6.07) is 0. The maximum absolute atomic E-state index is 9.09. The molecule has 2 amide bonds. The van der Waals surface area contributed by atoms with Gasteiger partial charge in [-0.25, -0.2) is 0 Å². The van der Waals surface area contributed by atoms with Gasteiger partial charge in [-0.2, -0.15) is 0 Å². The van der Waals surface area contributed by atoms with Gasteiger partial charge in [-0.05, 0) is 10.8 Å². The van der Waals surface area contributed by atoms with E-state index in [9.17, 15) is 0 Å². The van der Waals surface area contributed by atoms with Crippen LogP contribution in [0.5, 0.6) is 0 Å². The van der Waals surface area contributed by atoms with Crippen molar-refractivity contribution in [1.82, 2.24) is 0 Å². The smallest absolute Gasteiger partial charge is 0.273 e. The summed E-state index contributed by atoms with van der Waals surface area (Å²) >= 11 is 8.60. The molecule has 4 nitrogen and oxygen atoms in total. The number of unbranched alkanes of at least 4 members (excludes halogenated alkanes) is 1. The van der Waals surface area contributed by atoms with Gasteiger partial charge in [-0.1, -0.05) is 61.2 Å². The highest BCUT2D eigenvalue weighted by atomic mass is 127. The molecule has 0 saturated carbocycles. The number of rotatable bonds is 2. The van der Waals surface area contributed by atoms with Crippen molar-refractivity contribution in [2.45, 2.75) is 19.8 Å². The molecule has 0 aromatic heterocycles. The second-order valence-electron chi connectivity index (χ2n) is 1.72. The Morgan fingerprint density at radius 3 is 1.46 bits per heavy atom. The number of nitrogens with two attached hydrogens (primary N) is 2. The highest BCUT2D eigenvalue weighted by Gasteiger charge is 1.69. The summed E-state index contributed by atoms with van der Waals surface area (Å²) in [6.45, 7) is 2.21. The first-order valence-corrected chi connectivity index (χ1v) is 5.83. The number of thiol groups is 2. The number of halogens is 1. The molecule has 0 saturated heterocycles. The molecule has 0 radical (unpaired) electrons. The first-order valence-electron chi connectivity index (χ1n) is 3.41. The summed E-state index contributed by atoms with van der Waals surface area (Å²) in [4.78, 5) is 18.2. The van der Waals surface area contributed by atoms with Crippen molar-refractivity contribution < 1.29 is 9.59 Å². The van der Waals surface area contributed by atoms with Crippen LogP contribution in [0.2, 0.25) is 0 Å². The third-order valence-electron chi connectivity index (χ3n) is 0.487. The molecule has 0 heterocycles. The Bertz CT molecular complexity index is 114. The number of primary amides is 2. The molecule has 0 unspecified atom stereocenters. The maximum Gasteiger partial charge on any atom is 0.273 e. The van der Waals surface area contributed by atoms with Crippen LogP contribution in [0, 0.1) is 0 Å². The Kier molecular flexibility index (Phi) is 26.7. The maximum atomic E-state index is 9.09. The summed E-state index contributed by atoms with van der Waals surface area (Å²) in [7, 11) is 0. The van der Waals surface area contributed by atoms with E-state index in [1.807, 2.05) is 0 Å². The lowest BCUT2D eigenvalue weighted by Gasteiger charge is -1.77. The van der Waals surface area contributed by atoms with E-state index in [2.05, 4.69) is 66.2 Å². The second-order valence-corrected chi connectivity index (χ2v) is 3.68. The van der Waals surface area contributed by atoms with E-state index in [0.717, 1.165) is 0 Å². The molecular weight excluding hydrogens is 323 g/mol. The Hall–Kier alpha value is 0.370. The highest BCUT2D eigenvalue weighted by molar-refractivity contribution is 14.1. The van der Waals surface area contributed by atoms with Crippen LogP contribution in [0.1, 0.15) is 19.8 Å². The minimum atomic E-state index is -0.639. The second kappa shape index (κ2) is 18.2. The van der Waals surface area contributed by atoms with Gasteiger partial charge in [0.2, 0.25) is 0 Å². The first kappa shape index (κ1) is 19.0. The molecule has 13 heavy (non-hydrogen) atoms. The van der Waals surface area contributed by atoms with Gasteiger partial charge in [0.1, 0.15) is 0 Å². The fourth-order valence-electron chi connectivity index (χ4n) is 0.134. The Morgan fingerprint density at radius 2 is 1.46 bits per heavy atom. The lowest BCUT2D eigenvalue weighted by Crippen LogP contribution is -1.95. The van der Waals surface area contributed by atoms with Gasteiger partial charge in [0.15, 0.2) is 0 Å². The standard InChI is InChI=1S/C4H9I.2CH3NOS/c1-2-3-4-5;2*2-1(3)4/h2-4H2,1H3;2*(H3,2,3,4). The predicted octanol–water partition coefficient (Wildman–Crippen LogP) is 2.21. The van der Waals surface area contributed by atoms with Crippen LogP contribution in [0.15, 0.2) is 0 Å². The van der Waals surface area contributed by atoms with Crippen LogP contribution < -0.4 is 11.5 Å². The normalized spacial score (nSPS) is 7.08. The zero-order chi connectivity index (χ0) is 11.3. The molecule has 0 atom stereocenters. The number of hydrogen-bond acceptors (Lipinski definition) is 2. The van der Waals surface area contributed by atoms with Gasteiger partial charge in [0.05, 0.1) is 0 Å². The van der Waals surface area contributed by atoms with E-state index in [1.54, 1.807) is 0 Å². The molecule has 0 aliphatic heterocycles. The van der Waals surface area contributed by atoms with Crippen LogP contribution in [-0.2, 0) is 0 Å². The molecule has 80 valence electrons. The molecule has 0 bridgehead atoms. The van der Waals surface area contributed by atoms with Crippen LogP contribution in [0.4, 0.5) is 9.59 Å². The Morgan fingerprint density at radius 1 is 1.23 bits per heavy atom. The van der Waals surface area contributed by atoms with E-state index in [1.165, 1.54) is 17.3 Å². The molecule has 0 fully saturated rings. The summed E-state index contributed by atoms with van der Waals surface area (Å²) < 4.78 is 1.31. The van der Waals surface area contributed by atoms with E-state index in [-0.39, 0.29) is 0 Å². The van der Waals surface area contributed by atoms with E-state index in [0.29, 0.717) is 0 Å². The predicted molar refractivity (Wildman–Crippen MR) is 70.9 cm³/mol. The van der Waals surface area contributed by atoms with Crippen molar-refractivity contribution in [2.24, 2.45) is 11.5 Å². The number of amides is 2. The van der Waals surface area contributed by atoms with Crippen LogP contribution in [-0.4, -0.2) is 14.9 Å². The topological polar surface area (TPSA) is 86.2 Å². The summed E-state index contributed by atoms with van der Waals surface area (Å²) in [5.41, 5.74) is 8.67.